The van der Waals surface area contributed by atoms with Crippen LogP contribution in [0, 0.1) is 17.6 Å². The van der Waals surface area contributed by atoms with Gasteiger partial charge in [-0.25, -0.2) is 13.6 Å². The number of hydrogen-bond donors (Lipinski definition) is 1. The van der Waals surface area contributed by atoms with Crippen molar-refractivity contribution in [3.63, 3.8) is 0 Å². The van der Waals surface area contributed by atoms with Gasteiger partial charge in [0.15, 0.2) is 5.78 Å². The van der Waals surface area contributed by atoms with Gasteiger partial charge >= 0.3 is 5.97 Å². The highest BCUT2D eigenvalue weighted by molar-refractivity contribution is 5.98. The van der Waals surface area contributed by atoms with E-state index in [-0.39, 0.29) is 12.2 Å². The standard InChI is InChI=1S/C19H21F2N3O3/c1-2-27-19(26)17-13(9-22-23-17)11-24-7-3-4-12(10-24)18(25)15-8-14(20)5-6-16(15)21/h5-6,8-9,12H,2-4,7,10-11H2,1H3,(H,22,23)/t12-/m0/s1. The van der Waals surface area contributed by atoms with Crippen molar-refractivity contribution in [3.05, 3.63) is 52.9 Å². The number of rotatable bonds is 6. The van der Waals surface area contributed by atoms with Crippen LogP contribution < -0.4 is 0 Å². The lowest BCUT2D eigenvalue weighted by atomic mass is 9.89. The van der Waals surface area contributed by atoms with Crippen molar-refractivity contribution in [2.45, 2.75) is 26.3 Å². The van der Waals surface area contributed by atoms with Crippen LogP contribution in [0.25, 0.3) is 0 Å². The summed E-state index contributed by atoms with van der Waals surface area (Å²) >= 11 is 0. The number of piperidine rings is 1. The van der Waals surface area contributed by atoms with Crippen LogP contribution in [0.4, 0.5) is 8.78 Å². The van der Waals surface area contributed by atoms with E-state index in [0.29, 0.717) is 30.8 Å². The number of ether oxygens (including phenoxy) is 1. The Morgan fingerprint density at radius 3 is 2.96 bits per heavy atom. The zero-order valence-corrected chi connectivity index (χ0v) is 15.0. The minimum absolute atomic E-state index is 0.211. The molecular weight excluding hydrogens is 356 g/mol. The SMILES string of the molecule is CCOC(=O)c1[nH]ncc1CN1CCC[C@H](C(=O)c2cc(F)ccc2F)C1. The van der Waals surface area contributed by atoms with E-state index in [1.807, 2.05) is 4.90 Å². The van der Waals surface area contributed by atoms with Crippen LogP contribution in [-0.2, 0) is 11.3 Å². The van der Waals surface area contributed by atoms with Crippen LogP contribution in [0.1, 0.15) is 46.2 Å². The summed E-state index contributed by atoms with van der Waals surface area (Å²) in [6, 6.07) is 2.92. The van der Waals surface area contributed by atoms with Crippen molar-refractivity contribution in [2.24, 2.45) is 5.92 Å². The van der Waals surface area contributed by atoms with Crippen molar-refractivity contribution in [3.8, 4) is 0 Å². The zero-order valence-electron chi connectivity index (χ0n) is 15.0. The number of aromatic nitrogens is 2. The molecule has 1 atom stereocenters. The number of carbonyl (C=O) groups excluding carboxylic acids is 2. The third kappa shape index (κ3) is 4.39. The first kappa shape index (κ1) is 19.2. The summed E-state index contributed by atoms with van der Waals surface area (Å²) in [7, 11) is 0. The van der Waals surface area contributed by atoms with E-state index in [1.165, 1.54) is 0 Å². The van der Waals surface area contributed by atoms with Crippen molar-refractivity contribution in [1.82, 2.24) is 15.1 Å². The van der Waals surface area contributed by atoms with Gasteiger partial charge in [-0.15, -0.1) is 0 Å². The molecule has 1 aliphatic heterocycles. The van der Waals surface area contributed by atoms with E-state index >= 15 is 0 Å². The highest BCUT2D eigenvalue weighted by Crippen LogP contribution is 2.24. The number of benzene rings is 1. The number of halogens is 2. The molecule has 1 aliphatic rings. The molecule has 1 N–H and O–H groups in total. The Kier molecular flexibility index (Phi) is 5.95. The second-order valence-corrected chi connectivity index (χ2v) is 6.55. The van der Waals surface area contributed by atoms with Crippen molar-refractivity contribution >= 4 is 11.8 Å². The smallest absolute Gasteiger partial charge is 0.356 e. The van der Waals surface area contributed by atoms with Crippen LogP contribution in [0.3, 0.4) is 0 Å². The van der Waals surface area contributed by atoms with Gasteiger partial charge in [0.2, 0.25) is 0 Å². The molecule has 2 aromatic rings. The molecule has 27 heavy (non-hydrogen) atoms. The third-order valence-corrected chi connectivity index (χ3v) is 4.66. The molecule has 3 rings (SSSR count). The maximum atomic E-state index is 13.9. The quantitative estimate of drug-likeness (QED) is 0.619. The van der Waals surface area contributed by atoms with Gasteiger partial charge in [-0.2, -0.15) is 5.10 Å². The number of nitrogens with zero attached hydrogens (tertiary/aromatic N) is 2. The van der Waals surface area contributed by atoms with Crippen molar-refractivity contribution in [1.29, 1.82) is 0 Å². The molecule has 144 valence electrons. The number of carbonyl (C=O) groups is 2. The summed E-state index contributed by atoms with van der Waals surface area (Å²) in [5.41, 5.74) is 0.761. The summed E-state index contributed by atoms with van der Waals surface area (Å²) in [5.74, 6) is -2.64. The summed E-state index contributed by atoms with van der Waals surface area (Å²) in [4.78, 5) is 26.6. The lowest BCUT2D eigenvalue weighted by Gasteiger charge is -2.31. The Bertz CT molecular complexity index is 837. The molecule has 1 aromatic heterocycles. The minimum Gasteiger partial charge on any atom is -0.461 e. The van der Waals surface area contributed by atoms with Crippen LogP contribution in [0.15, 0.2) is 24.4 Å². The number of likely N-dealkylation sites (tertiary alicyclic amines) is 1. The van der Waals surface area contributed by atoms with E-state index in [1.54, 1.807) is 13.1 Å². The van der Waals surface area contributed by atoms with Gasteiger partial charge in [-0.3, -0.25) is 14.8 Å². The Morgan fingerprint density at radius 1 is 1.37 bits per heavy atom. The van der Waals surface area contributed by atoms with Gasteiger partial charge < -0.3 is 4.74 Å². The molecule has 6 nitrogen and oxygen atoms in total. The number of ketones is 1. The van der Waals surface area contributed by atoms with Crippen molar-refractivity contribution in [2.75, 3.05) is 19.7 Å². The van der Waals surface area contributed by atoms with Gasteiger partial charge in [0.1, 0.15) is 17.3 Å². The van der Waals surface area contributed by atoms with E-state index in [0.717, 1.165) is 31.2 Å². The van der Waals surface area contributed by atoms with Gasteiger partial charge in [0, 0.05) is 24.6 Å². The molecule has 1 saturated heterocycles. The molecule has 0 bridgehead atoms. The molecule has 2 heterocycles. The molecule has 0 saturated carbocycles. The van der Waals surface area contributed by atoms with Gasteiger partial charge in [0.25, 0.3) is 0 Å². The number of aromatic amines is 1. The number of esters is 1. The molecule has 0 unspecified atom stereocenters. The molecule has 0 radical (unpaired) electrons. The fourth-order valence-electron chi connectivity index (χ4n) is 3.37. The molecule has 0 spiro atoms. The van der Waals surface area contributed by atoms with Gasteiger partial charge in [-0.05, 0) is 44.5 Å². The number of Topliss-reactive ketones (excluding diaryl/α,β-unsaturated/α-hetero) is 1. The monoisotopic (exact) mass is 377 g/mol. The Morgan fingerprint density at radius 2 is 2.19 bits per heavy atom. The fraction of sp³-hybridized carbons (Fsp3) is 0.421. The maximum Gasteiger partial charge on any atom is 0.356 e. The average molecular weight is 377 g/mol. The largest absolute Gasteiger partial charge is 0.461 e. The van der Waals surface area contributed by atoms with Crippen LogP contribution in [0.5, 0.6) is 0 Å². The normalized spacial score (nSPS) is 17.7. The predicted molar refractivity (Wildman–Crippen MR) is 93.2 cm³/mol. The van der Waals surface area contributed by atoms with E-state index in [4.69, 9.17) is 4.74 Å². The fourth-order valence-corrected chi connectivity index (χ4v) is 3.37. The summed E-state index contributed by atoms with van der Waals surface area (Å²) in [5, 5.41) is 6.55. The van der Waals surface area contributed by atoms with Crippen molar-refractivity contribution < 1.29 is 23.1 Å². The predicted octanol–water partition coefficient (Wildman–Crippen LogP) is 2.96. The Labute approximate surface area is 155 Å². The summed E-state index contributed by atoms with van der Waals surface area (Å²) < 4.78 is 32.3. The lowest BCUT2D eigenvalue weighted by Crippen LogP contribution is -2.38. The molecule has 1 aromatic carbocycles. The topological polar surface area (TPSA) is 75.3 Å². The molecule has 8 heteroatoms. The first-order valence-electron chi connectivity index (χ1n) is 8.90. The van der Waals surface area contributed by atoms with E-state index in [2.05, 4.69) is 10.2 Å². The minimum atomic E-state index is -0.710. The van der Waals surface area contributed by atoms with Gasteiger partial charge in [0.05, 0.1) is 18.4 Å². The summed E-state index contributed by atoms with van der Waals surface area (Å²) in [6.45, 7) is 3.54. The first-order valence-corrected chi connectivity index (χ1v) is 8.90. The Balaban J connectivity index is 1.70. The lowest BCUT2D eigenvalue weighted by molar-refractivity contribution is 0.0515. The number of hydrogen-bond acceptors (Lipinski definition) is 5. The van der Waals surface area contributed by atoms with Crippen LogP contribution in [-0.4, -0.2) is 46.5 Å². The van der Waals surface area contributed by atoms with E-state index < -0.39 is 29.3 Å². The Hall–Kier alpha value is -2.61. The highest BCUT2D eigenvalue weighted by Gasteiger charge is 2.29. The molecule has 1 fully saturated rings. The second kappa shape index (κ2) is 8.39. The number of H-pyrrole nitrogens is 1. The summed E-state index contributed by atoms with van der Waals surface area (Å²) in [6.07, 6.45) is 2.92. The number of nitrogens with one attached hydrogen (secondary N) is 1. The third-order valence-electron chi connectivity index (χ3n) is 4.66. The van der Waals surface area contributed by atoms with Crippen LogP contribution >= 0.6 is 0 Å². The zero-order chi connectivity index (χ0) is 19.4. The van der Waals surface area contributed by atoms with Crippen LogP contribution in [0.2, 0.25) is 0 Å². The first-order chi connectivity index (χ1) is 13.0. The van der Waals surface area contributed by atoms with E-state index in [9.17, 15) is 18.4 Å². The molecular formula is C19H21F2N3O3. The molecule has 0 aliphatic carbocycles. The second-order valence-electron chi connectivity index (χ2n) is 6.55. The molecule has 0 amide bonds. The maximum absolute atomic E-state index is 13.9. The average Bonchev–Trinajstić information content (AvgIpc) is 3.12. The van der Waals surface area contributed by atoms with Gasteiger partial charge in [-0.1, -0.05) is 0 Å². The highest BCUT2D eigenvalue weighted by atomic mass is 19.1.